The number of ether oxygens (including phenoxy) is 2. The van der Waals surface area contributed by atoms with Crippen LogP contribution in [0.2, 0.25) is 0 Å². The monoisotopic (exact) mass is 402 g/mol. The van der Waals surface area contributed by atoms with Crippen molar-refractivity contribution in [1.82, 2.24) is 0 Å². The molecule has 6 heteroatoms. The molecule has 1 fully saturated rings. The molecule has 1 unspecified atom stereocenters. The van der Waals surface area contributed by atoms with Gasteiger partial charge in [-0.1, -0.05) is 25.5 Å². The van der Waals surface area contributed by atoms with Crippen molar-refractivity contribution in [3.05, 3.63) is 35.4 Å². The number of fused-ring (bicyclic) bond motifs is 1. The van der Waals surface area contributed by atoms with E-state index in [1.54, 1.807) is 7.11 Å². The highest BCUT2D eigenvalue weighted by Gasteiger charge is 2.51. The van der Waals surface area contributed by atoms with E-state index in [9.17, 15) is 15.8 Å². The number of nitriles is 3. The molecule has 0 spiro atoms. The molecule has 2 aliphatic carbocycles. The standard InChI is InChI=1S/C24H26N4O2/c1-3-4-10-30-21-9-8-16(11-22(21)29-2)17-6-5-7-18-19(17)12-24(14-26,15-27)23(28)20(18)13-25/h7-9,11,17,19-20,28H,3-6,10,12H2,1-2H3/t17-,19+,20?/m0/s1. The summed E-state index contributed by atoms with van der Waals surface area (Å²) in [7, 11) is 1.61. The third-order valence-electron chi connectivity index (χ3n) is 6.26. The van der Waals surface area contributed by atoms with Crippen molar-refractivity contribution < 1.29 is 9.47 Å². The summed E-state index contributed by atoms with van der Waals surface area (Å²) in [5.41, 5.74) is 0.281. The van der Waals surface area contributed by atoms with Gasteiger partial charge >= 0.3 is 0 Å². The lowest BCUT2D eigenvalue weighted by Crippen LogP contribution is -2.44. The number of nitrogens with one attached hydrogen (secondary N) is 1. The zero-order valence-electron chi connectivity index (χ0n) is 17.4. The Labute approximate surface area is 177 Å². The fourth-order valence-electron chi connectivity index (χ4n) is 4.59. The zero-order chi connectivity index (χ0) is 21.7. The minimum absolute atomic E-state index is 0.0496. The molecule has 1 N–H and O–H groups in total. The molecule has 1 saturated carbocycles. The van der Waals surface area contributed by atoms with E-state index in [4.69, 9.17) is 14.9 Å². The third kappa shape index (κ3) is 3.64. The highest BCUT2D eigenvalue weighted by atomic mass is 16.5. The summed E-state index contributed by atoms with van der Waals surface area (Å²) < 4.78 is 11.4. The average Bonchev–Trinajstić information content (AvgIpc) is 2.78. The van der Waals surface area contributed by atoms with Crippen LogP contribution in [0, 0.1) is 56.7 Å². The molecule has 0 saturated heterocycles. The van der Waals surface area contributed by atoms with E-state index in [1.807, 2.05) is 36.4 Å². The lowest BCUT2D eigenvalue weighted by Gasteiger charge is -2.43. The largest absolute Gasteiger partial charge is 0.493 e. The van der Waals surface area contributed by atoms with E-state index in [1.165, 1.54) is 0 Å². The fourth-order valence-corrected chi connectivity index (χ4v) is 4.59. The van der Waals surface area contributed by atoms with Crippen molar-refractivity contribution in [2.75, 3.05) is 13.7 Å². The van der Waals surface area contributed by atoms with Gasteiger partial charge in [0, 0.05) is 0 Å². The predicted octanol–water partition coefficient (Wildman–Crippen LogP) is 4.89. The molecule has 0 bridgehead atoms. The Morgan fingerprint density at radius 2 is 1.93 bits per heavy atom. The predicted molar refractivity (Wildman–Crippen MR) is 112 cm³/mol. The van der Waals surface area contributed by atoms with Gasteiger partial charge in [0.1, 0.15) is 5.92 Å². The summed E-state index contributed by atoms with van der Waals surface area (Å²) in [6.45, 7) is 2.74. The van der Waals surface area contributed by atoms with Crippen LogP contribution >= 0.6 is 0 Å². The minimum Gasteiger partial charge on any atom is -0.493 e. The van der Waals surface area contributed by atoms with Gasteiger partial charge in [-0.2, -0.15) is 15.8 Å². The van der Waals surface area contributed by atoms with Crippen LogP contribution in [0.3, 0.4) is 0 Å². The first kappa shape index (κ1) is 21.4. The van der Waals surface area contributed by atoms with Crippen molar-refractivity contribution in [3.8, 4) is 29.7 Å². The number of hydrogen-bond donors (Lipinski definition) is 1. The van der Waals surface area contributed by atoms with E-state index >= 15 is 0 Å². The Kier molecular flexibility index (Phi) is 6.43. The molecule has 6 nitrogen and oxygen atoms in total. The molecule has 3 rings (SSSR count). The number of unbranched alkanes of at least 4 members (excludes halogenated alkanes) is 1. The number of hydrogen-bond acceptors (Lipinski definition) is 6. The van der Waals surface area contributed by atoms with Gasteiger partial charge in [0.2, 0.25) is 0 Å². The normalized spacial score (nSPS) is 24.4. The summed E-state index contributed by atoms with van der Waals surface area (Å²) in [5, 5.41) is 37.5. The lowest BCUT2D eigenvalue weighted by molar-refractivity contribution is 0.287. The first-order valence-corrected chi connectivity index (χ1v) is 10.4. The van der Waals surface area contributed by atoms with Gasteiger partial charge < -0.3 is 14.9 Å². The maximum Gasteiger partial charge on any atom is 0.183 e. The molecule has 154 valence electrons. The SMILES string of the molecule is CCCCOc1ccc([C@@H]2CCC=C3C(C#N)C(=N)C(C#N)(C#N)C[C@@H]32)cc1OC. The minimum atomic E-state index is -1.55. The molecule has 0 aliphatic heterocycles. The van der Waals surface area contributed by atoms with Crippen LogP contribution in [0.4, 0.5) is 0 Å². The average molecular weight is 402 g/mol. The number of rotatable bonds is 6. The number of nitrogens with zero attached hydrogens (tertiary/aromatic N) is 3. The van der Waals surface area contributed by atoms with E-state index in [0.717, 1.165) is 36.8 Å². The fraction of sp³-hybridized carbons (Fsp3) is 0.500. The second-order valence-corrected chi connectivity index (χ2v) is 7.92. The molecule has 30 heavy (non-hydrogen) atoms. The maximum absolute atomic E-state index is 9.71. The van der Waals surface area contributed by atoms with Crippen molar-refractivity contribution in [1.29, 1.82) is 21.2 Å². The molecule has 2 aliphatic rings. The smallest absolute Gasteiger partial charge is 0.183 e. The van der Waals surface area contributed by atoms with E-state index in [2.05, 4.69) is 13.0 Å². The van der Waals surface area contributed by atoms with E-state index < -0.39 is 11.3 Å². The first-order chi connectivity index (χ1) is 14.5. The third-order valence-corrected chi connectivity index (χ3v) is 6.26. The van der Waals surface area contributed by atoms with Gasteiger partial charge in [-0.15, -0.1) is 0 Å². The van der Waals surface area contributed by atoms with Crippen LogP contribution in [-0.2, 0) is 0 Å². The van der Waals surface area contributed by atoms with Crippen LogP contribution < -0.4 is 9.47 Å². The van der Waals surface area contributed by atoms with Crippen LogP contribution in [-0.4, -0.2) is 19.4 Å². The molecule has 0 amide bonds. The Balaban J connectivity index is 1.97. The summed E-state index contributed by atoms with van der Waals surface area (Å²) in [5.74, 6) is 0.461. The van der Waals surface area contributed by atoms with Gasteiger partial charge in [0.25, 0.3) is 0 Å². The summed E-state index contributed by atoms with van der Waals surface area (Å²) in [6.07, 6.45) is 5.94. The number of benzene rings is 1. The first-order valence-electron chi connectivity index (χ1n) is 10.4. The number of allylic oxidation sites excluding steroid dienone is 2. The molecule has 1 aromatic carbocycles. The van der Waals surface area contributed by atoms with E-state index in [-0.39, 0.29) is 24.0 Å². The van der Waals surface area contributed by atoms with Gasteiger partial charge in [-0.3, -0.25) is 0 Å². The summed E-state index contributed by atoms with van der Waals surface area (Å²) in [4.78, 5) is 0. The highest BCUT2D eigenvalue weighted by molar-refractivity contribution is 5.99. The Morgan fingerprint density at radius 1 is 1.17 bits per heavy atom. The van der Waals surface area contributed by atoms with Gasteiger partial charge in [-0.25, -0.2) is 0 Å². The van der Waals surface area contributed by atoms with Gasteiger partial charge in [-0.05, 0) is 60.8 Å². The Hall–Kier alpha value is -3.30. The molecule has 0 radical (unpaired) electrons. The quantitative estimate of drug-likeness (QED) is 0.537. The molecule has 1 aromatic rings. The maximum atomic E-state index is 9.71. The topological polar surface area (TPSA) is 114 Å². The van der Waals surface area contributed by atoms with Crippen molar-refractivity contribution >= 4 is 5.71 Å². The molecule has 0 aromatic heterocycles. The lowest BCUT2D eigenvalue weighted by atomic mass is 9.57. The van der Waals surface area contributed by atoms with Crippen LogP contribution in [0.5, 0.6) is 11.5 Å². The molecule has 0 heterocycles. The zero-order valence-corrected chi connectivity index (χ0v) is 17.4. The van der Waals surface area contributed by atoms with Crippen LogP contribution in [0.25, 0.3) is 0 Å². The molecular weight excluding hydrogens is 376 g/mol. The Bertz CT molecular complexity index is 962. The second kappa shape index (κ2) is 9.02. The summed E-state index contributed by atoms with van der Waals surface area (Å²) >= 11 is 0. The van der Waals surface area contributed by atoms with Gasteiger partial charge in [0.15, 0.2) is 16.9 Å². The Morgan fingerprint density at radius 3 is 2.57 bits per heavy atom. The van der Waals surface area contributed by atoms with Crippen molar-refractivity contribution in [2.45, 2.75) is 44.9 Å². The van der Waals surface area contributed by atoms with Crippen molar-refractivity contribution in [3.63, 3.8) is 0 Å². The van der Waals surface area contributed by atoms with Gasteiger partial charge in [0.05, 0.1) is 37.6 Å². The summed E-state index contributed by atoms with van der Waals surface area (Å²) in [6, 6.07) is 12.1. The number of methoxy groups -OCH3 is 1. The van der Waals surface area contributed by atoms with Crippen LogP contribution in [0.15, 0.2) is 29.8 Å². The molecular formula is C24H26N4O2. The molecule has 3 atom stereocenters. The highest BCUT2D eigenvalue weighted by Crippen LogP contribution is 2.52. The second-order valence-electron chi connectivity index (χ2n) is 7.92. The van der Waals surface area contributed by atoms with Crippen LogP contribution in [0.1, 0.15) is 50.5 Å². The van der Waals surface area contributed by atoms with Crippen molar-refractivity contribution in [2.24, 2.45) is 17.3 Å². The van der Waals surface area contributed by atoms with E-state index in [0.29, 0.717) is 18.1 Å².